The summed E-state index contributed by atoms with van der Waals surface area (Å²) in [7, 11) is 0. The van der Waals surface area contributed by atoms with E-state index in [2.05, 4.69) is 10.6 Å². The van der Waals surface area contributed by atoms with E-state index in [-0.39, 0.29) is 12.0 Å². The van der Waals surface area contributed by atoms with Gasteiger partial charge >= 0.3 is 6.09 Å². The minimum Gasteiger partial charge on any atom is -0.444 e. The molecule has 0 radical (unpaired) electrons. The molecule has 4 nitrogen and oxygen atoms in total. The van der Waals surface area contributed by atoms with Crippen molar-refractivity contribution < 1.29 is 13.9 Å². The van der Waals surface area contributed by atoms with Crippen LogP contribution >= 0.6 is 0 Å². The maximum atomic E-state index is 12.5. The summed E-state index contributed by atoms with van der Waals surface area (Å²) in [5.41, 5.74) is -0.513. The van der Waals surface area contributed by atoms with Crippen molar-refractivity contribution in [3.05, 3.63) is 0 Å². The Balaban J connectivity index is 2.37. The third kappa shape index (κ3) is 4.03. The highest BCUT2D eigenvalue weighted by Gasteiger charge is 2.29. The first-order valence-electron chi connectivity index (χ1n) is 5.18. The first-order chi connectivity index (χ1) is 6.92. The molecule has 88 valence electrons. The van der Waals surface area contributed by atoms with Gasteiger partial charge < -0.3 is 15.4 Å². The topological polar surface area (TPSA) is 50.4 Å². The smallest absolute Gasteiger partial charge is 0.407 e. The van der Waals surface area contributed by atoms with E-state index < -0.39 is 18.4 Å². The van der Waals surface area contributed by atoms with Gasteiger partial charge in [0.1, 0.15) is 5.60 Å². The Morgan fingerprint density at radius 1 is 1.53 bits per heavy atom. The average Bonchev–Trinajstić information content (AvgIpc) is 2.48. The summed E-state index contributed by atoms with van der Waals surface area (Å²) >= 11 is 0. The van der Waals surface area contributed by atoms with E-state index in [1.165, 1.54) is 0 Å². The van der Waals surface area contributed by atoms with Gasteiger partial charge in [0.15, 0.2) is 0 Å². The van der Waals surface area contributed by atoms with Crippen molar-refractivity contribution in [2.45, 2.75) is 32.4 Å². The quantitative estimate of drug-likeness (QED) is 0.729. The van der Waals surface area contributed by atoms with Crippen LogP contribution in [0.25, 0.3) is 0 Å². The number of alkyl halides is 1. The van der Waals surface area contributed by atoms with Crippen LogP contribution in [0.2, 0.25) is 0 Å². The normalized spacial score (nSPS) is 26.4. The van der Waals surface area contributed by atoms with Crippen molar-refractivity contribution in [2.75, 3.05) is 19.8 Å². The average molecular weight is 218 g/mol. The molecular formula is C10H19FN2O2. The zero-order valence-electron chi connectivity index (χ0n) is 9.47. The van der Waals surface area contributed by atoms with Gasteiger partial charge in [0.25, 0.3) is 0 Å². The predicted molar refractivity (Wildman–Crippen MR) is 55.5 cm³/mol. The molecule has 2 atom stereocenters. The van der Waals surface area contributed by atoms with E-state index in [4.69, 9.17) is 4.74 Å². The summed E-state index contributed by atoms with van der Waals surface area (Å²) in [4.78, 5) is 11.4. The second-order valence-corrected chi connectivity index (χ2v) is 4.83. The second kappa shape index (κ2) is 4.79. The van der Waals surface area contributed by atoms with Crippen molar-refractivity contribution >= 4 is 6.09 Å². The summed E-state index contributed by atoms with van der Waals surface area (Å²) < 4.78 is 17.6. The lowest BCUT2D eigenvalue weighted by atomic mass is 10.1. The number of rotatable bonds is 2. The molecule has 1 saturated heterocycles. The van der Waals surface area contributed by atoms with Gasteiger partial charge in [-0.15, -0.1) is 0 Å². The van der Waals surface area contributed by atoms with Gasteiger partial charge in [0.05, 0.1) is 12.7 Å². The molecule has 0 aromatic heterocycles. The van der Waals surface area contributed by atoms with Gasteiger partial charge in [0, 0.05) is 19.0 Å². The van der Waals surface area contributed by atoms with E-state index >= 15 is 0 Å². The lowest BCUT2D eigenvalue weighted by molar-refractivity contribution is 0.0494. The molecular weight excluding hydrogens is 199 g/mol. The molecule has 1 fully saturated rings. The van der Waals surface area contributed by atoms with Gasteiger partial charge in [-0.25, -0.2) is 4.79 Å². The largest absolute Gasteiger partial charge is 0.444 e. The third-order valence-corrected chi connectivity index (χ3v) is 2.24. The van der Waals surface area contributed by atoms with Crippen LogP contribution in [0, 0.1) is 5.92 Å². The Kier molecular flexibility index (Phi) is 3.90. The van der Waals surface area contributed by atoms with E-state index in [0.717, 1.165) is 0 Å². The maximum Gasteiger partial charge on any atom is 0.407 e. The molecule has 0 unspecified atom stereocenters. The van der Waals surface area contributed by atoms with Crippen LogP contribution in [0.15, 0.2) is 0 Å². The number of hydrogen-bond acceptors (Lipinski definition) is 3. The zero-order valence-corrected chi connectivity index (χ0v) is 9.47. The van der Waals surface area contributed by atoms with Crippen LogP contribution in [0.3, 0.4) is 0 Å². The Morgan fingerprint density at radius 2 is 2.20 bits per heavy atom. The van der Waals surface area contributed by atoms with Crippen LogP contribution < -0.4 is 10.6 Å². The molecule has 1 amide bonds. The van der Waals surface area contributed by atoms with Gasteiger partial charge in [-0.2, -0.15) is 0 Å². The van der Waals surface area contributed by atoms with Crippen LogP contribution in [-0.2, 0) is 4.74 Å². The molecule has 1 rings (SSSR count). The van der Waals surface area contributed by atoms with E-state index in [1.807, 2.05) is 0 Å². The Morgan fingerprint density at radius 3 is 2.73 bits per heavy atom. The number of carbonyl (C=O) groups is 1. The molecule has 0 aromatic carbocycles. The number of halogens is 1. The minimum absolute atomic E-state index is 0.141. The van der Waals surface area contributed by atoms with Gasteiger partial charge in [0.2, 0.25) is 0 Å². The van der Waals surface area contributed by atoms with Crippen molar-refractivity contribution in [1.82, 2.24) is 10.6 Å². The standard InChI is InChI=1S/C10H19FN2O2/c1-10(2,3)15-9(14)13-8-6-12-5-7(8)4-11/h7-8,12H,4-6H2,1-3H3,(H,13,14)/t7-,8-/m1/s1. The van der Waals surface area contributed by atoms with Crippen LogP contribution in [0.4, 0.5) is 9.18 Å². The molecule has 1 aliphatic heterocycles. The highest BCUT2D eigenvalue weighted by molar-refractivity contribution is 5.68. The van der Waals surface area contributed by atoms with Crippen LogP contribution in [0.5, 0.6) is 0 Å². The maximum absolute atomic E-state index is 12.5. The summed E-state index contributed by atoms with van der Waals surface area (Å²) in [5.74, 6) is -0.141. The van der Waals surface area contributed by atoms with Crippen molar-refractivity contribution in [1.29, 1.82) is 0 Å². The monoisotopic (exact) mass is 218 g/mol. The molecule has 2 N–H and O–H groups in total. The third-order valence-electron chi connectivity index (χ3n) is 2.24. The Hall–Kier alpha value is -0.840. The van der Waals surface area contributed by atoms with Gasteiger partial charge in [-0.3, -0.25) is 4.39 Å². The lowest BCUT2D eigenvalue weighted by Gasteiger charge is -2.23. The van der Waals surface area contributed by atoms with Gasteiger partial charge in [-0.05, 0) is 20.8 Å². The van der Waals surface area contributed by atoms with Crippen LogP contribution in [0.1, 0.15) is 20.8 Å². The summed E-state index contributed by atoms with van der Waals surface area (Å²) in [6, 6.07) is -0.162. The number of amides is 1. The molecule has 15 heavy (non-hydrogen) atoms. The molecule has 5 heteroatoms. The fourth-order valence-corrected chi connectivity index (χ4v) is 1.52. The first-order valence-corrected chi connectivity index (χ1v) is 5.18. The fraction of sp³-hybridized carbons (Fsp3) is 0.900. The number of nitrogens with one attached hydrogen (secondary N) is 2. The molecule has 1 aliphatic rings. The fourth-order valence-electron chi connectivity index (χ4n) is 1.52. The van der Waals surface area contributed by atoms with Crippen molar-refractivity contribution in [3.8, 4) is 0 Å². The molecule has 0 aliphatic carbocycles. The predicted octanol–water partition coefficient (Wildman–Crippen LogP) is 1.07. The molecule has 0 saturated carbocycles. The molecule has 1 heterocycles. The van der Waals surface area contributed by atoms with E-state index in [1.54, 1.807) is 20.8 Å². The number of ether oxygens (including phenoxy) is 1. The second-order valence-electron chi connectivity index (χ2n) is 4.83. The number of alkyl carbamates (subject to hydrolysis) is 1. The highest BCUT2D eigenvalue weighted by Crippen LogP contribution is 2.11. The zero-order chi connectivity index (χ0) is 11.5. The minimum atomic E-state index is -0.513. The summed E-state index contributed by atoms with van der Waals surface area (Å²) in [6.07, 6.45) is -0.477. The van der Waals surface area contributed by atoms with Crippen molar-refractivity contribution in [2.24, 2.45) is 5.92 Å². The summed E-state index contributed by atoms with van der Waals surface area (Å²) in [5, 5.41) is 5.70. The van der Waals surface area contributed by atoms with E-state index in [9.17, 15) is 9.18 Å². The number of hydrogen-bond donors (Lipinski definition) is 2. The molecule has 0 aromatic rings. The molecule has 0 bridgehead atoms. The Bertz CT molecular complexity index is 228. The van der Waals surface area contributed by atoms with Crippen LogP contribution in [-0.4, -0.2) is 37.5 Å². The first kappa shape index (κ1) is 12.2. The number of carbonyl (C=O) groups excluding carboxylic acids is 1. The highest BCUT2D eigenvalue weighted by atomic mass is 19.1. The Labute approximate surface area is 89.6 Å². The summed E-state index contributed by atoms with van der Waals surface area (Å²) in [6.45, 7) is 6.18. The molecule has 0 spiro atoms. The van der Waals surface area contributed by atoms with E-state index in [0.29, 0.717) is 13.1 Å². The SMILES string of the molecule is CC(C)(C)OC(=O)N[C@@H]1CNC[C@H]1CF. The van der Waals surface area contributed by atoms with Gasteiger partial charge in [-0.1, -0.05) is 0 Å². The lowest BCUT2D eigenvalue weighted by Crippen LogP contribution is -2.43. The van der Waals surface area contributed by atoms with Crippen molar-refractivity contribution in [3.63, 3.8) is 0 Å².